The third-order valence-electron chi connectivity index (χ3n) is 4.00. The molecule has 1 aromatic rings. The standard InChI is InChI=1S/C16H24N2O4.ClH/c1-17-9-11-5-6-18(10-11)16(19)12-7-14(21-3)15(22-4)8-13(12)20-2;/h7-8,11,17H,5-6,9-10H2,1-4H3;1H. The number of likely N-dealkylation sites (tertiary alicyclic amines) is 1. The first kappa shape index (κ1) is 19.4. The van der Waals surface area contributed by atoms with Crippen molar-refractivity contribution in [3.8, 4) is 17.2 Å². The average Bonchev–Trinajstić information content (AvgIpc) is 3.01. The Balaban J connectivity index is 0.00000264. The molecule has 0 saturated carbocycles. The molecule has 130 valence electrons. The van der Waals surface area contributed by atoms with Crippen molar-refractivity contribution in [3.63, 3.8) is 0 Å². The third-order valence-corrected chi connectivity index (χ3v) is 4.00. The normalized spacial score (nSPS) is 16.7. The van der Waals surface area contributed by atoms with Crippen molar-refractivity contribution in [2.45, 2.75) is 6.42 Å². The number of amides is 1. The van der Waals surface area contributed by atoms with Gasteiger partial charge in [0.1, 0.15) is 5.75 Å². The zero-order chi connectivity index (χ0) is 16.1. The minimum Gasteiger partial charge on any atom is -0.496 e. The van der Waals surface area contributed by atoms with Gasteiger partial charge in [-0.25, -0.2) is 0 Å². The molecule has 23 heavy (non-hydrogen) atoms. The van der Waals surface area contributed by atoms with E-state index in [1.165, 1.54) is 0 Å². The molecule has 1 heterocycles. The summed E-state index contributed by atoms with van der Waals surface area (Å²) in [4.78, 5) is 14.6. The summed E-state index contributed by atoms with van der Waals surface area (Å²) in [6.07, 6.45) is 1.02. The SMILES string of the molecule is CNCC1CCN(C(=O)c2cc(OC)c(OC)cc2OC)C1.Cl. The first-order chi connectivity index (χ1) is 10.6. The minimum atomic E-state index is -0.0311. The predicted octanol–water partition coefficient (Wildman–Crippen LogP) is 1.82. The van der Waals surface area contributed by atoms with Crippen LogP contribution in [0.1, 0.15) is 16.8 Å². The summed E-state index contributed by atoms with van der Waals surface area (Å²) < 4.78 is 15.9. The van der Waals surface area contributed by atoms with Crippen LogP contribution < -0.4 is 19.5 Å². The van der Waals surface area contributed by atoms with Crippen LogP contribution in [0, 0.1) is 5.92 Å². The van der Waals surface area contributed by atoms with Gasteiger partial charge in [0.05, 0.1) is 26.9 Å². The first-order valence-corrected chi connectivity index (χ1v) is 7.38. The molecule has 0 radical (unpaired) electrons. The lowest BCUT2D eigenvalue weighted by atomic mass is 10.1. The van der Waals surface area contributed by atoms with Gasteiger partial charge in [-0.3, -0.25) is 4.79 Å². The molecule has 1 atom stereocenters. The fourth-order valence-corrected chi connectivity index (χ4v) is 2.84. The maximum Gasteiger partial charge on any atom is 0.257 e. The van der Waals surface area contributed by atoms with Gasteiger partial charge in [-0.1, -0.05) is 0 Å². The van der Waals surface area contributed by atoms with E-state index in [1.54, 1.807) is 33.5 Å². The van der Waals surface area contributed by atoms with Crippen molar-refractivity contribution >= 4 is 18.3 Å². The number of methoxy groups -OCH3 is 3. The van der Waals surface area contributed by atoms with Crippen molar-refractivity contribution in [3.05, 3.63) is 17.7 Å². The van der Waals surface area contributed by atoms with Crippen LogP contribution in [0.5, 0.6) is 17.2 Å². The molecule has 1 unspecified atom stereocenters. The van der Waals surface area contributed by atoms with Gasteiger partial charge in [-0.2, -0.15) is 0 Å². The number of benzene rings is 1. The van der Waals surface area contributed by atoms with Gasteiger partial charge in [0.15, 0.2) is 11.5 Å². The monoisotopic (exact) mass is 344 g/mol. The zero-order valence-corrected chi connectivity index (χ0v) is 14.9. The molecule has 1 fully saturated rings. The van der Waals surface area contributed by atoms with Gasteiger partial charge >= 0.3 is 0 Å². The second kappa shape index (κ2) is 8.84. The molecule has 1 amide bonds. The van der Waals surface area contributed by atoms with Crippen LogP contribution in [0.2, 0.25) is 0 Å². The summed E-state index contributed by atoms with van der Waals surface area (Å²) in [6.45, 7) is 2.45. The van der Waals surface area contributed by atoms with E-state index in [4.69, 9.17) is 14.2 Å². The molecule has 0 spiro atoms. The fourth-order valence-electron chi connectivity index (χ4n) is 2.84. The fraction of sp³-hybridized carbons (Fsp3) is 0.562. The molecule has 0 aliphatic carbocycles. The minimum absolute atomic E-state index is 0. The molecule has 1 aliphatic heterocycles. The summed E-state index contributed by atoms with van der Waals surface area (Å²) in [5, 5.41) is 3.17. The Bertz CT molecular complexity index is 539. The molecule has 1 aromatic carbocycles. The first-order valence-electron chi connectivity index (χ1n) is 7.38. The molecule has 1 aliphatic rings. The Morgan fingerprint density at radius 1 is 1.17 bits per heavy atom. The lowest BCUT2D eigenvalue weighted by Crippen LogP contribution is -2.30. The molecule has 1 saturated heterocycles. The van der Waals surface area contributed by atoms with Gasteiger partial charge in [-0.05, 0) is 25.9 Å². The molecule has 0 bridgehead atoms. The Labute approximate surface area is 143 Å². The lowest BCUT2D eigenvalue weighted by molar-refractivity contribution is 0.0783. The average molecular weight is 345 g/mol. The second-order valence-electron chi connectivity index (χ2n) is 5.37. The lowest BCUT2D eigenvalue weighted by Gasteiger charge is -2.19. The number of halogens is 1. The van der Waals surface area contributed by atoms with Gasteiger partial charge in [0, 0.05) is 25.2 Å². The highest BCUT2D eigenvalue weighted by molar-refractivity contribution is 5.98. The molecule has 6 nitrogen and oxygen atoms in total. The number of carbonyl (C=O) groups excluding carboxylic acids is 1. The topological polar surface area (TPSA) is 60.0 Å². The van der Waals surface area contributed by atoms with E-state index in [2.05, 4.69) is 5.32 Å². The molecule has 7 heteroatoms. The van der Waals surface area contributed by atoms with Crippen LogP contribution in [0.4, 0.5) is 0 Å². The second-order valence-corrected chi connectivity index (χ2v) is 5.37. The number of carbonyl (C=O) groups is 1. The van der Waals surface area contributed by atoms with E-state index in [0.29, 0.717) is 28.7 Å². The van der Waals surface area contributed by atoms with Crippen LogP contribution in [0.15, 0.2) is 12.1 Å². The van der Waals surface area contributed by atoms with Crippen LogP contribution in [0.3, 0.4) is 0 Å². The third kappa shape index (κ3) is 4.20. The largest absolute Gasteiger partial charge is 0.496 e. The Kier molecular flexibility index (Phi) is 7.45. The van der Waals surface area contributed by atoms with E-state index >= 15 is 0 Å². The van der Waals surface area contributed by atoms with E-state index in [1.807, 2.05) is 11.9 Å². The van der Waals surface area contributed by atoms with Crippen molar-refractivity contribution in [2.75, 3.05) is 48.0 Å². The Hall–Kier alpha value is -1.66. The van der Waals surface area contributed by atoms with E-state index in [-0.39, 0.29) is 18.3 Å². The summed E-state index contributed by atoms with van der Waals surface area (Å²) in [7, 11) is 6.59. The highest BCUT2D eigenvalue weighted by Crippen LogP contribution is 2.35. The predicted molar refractivity (Wildman–Crippen MR) is 91.3 cm³/mol. The highest BCUT2D eigenvalue weighted by Gasteiger charge is 2.29. The van der Waals surface area contributed by atoms with Crippen LogP contribution in [-0.2, 0) is 0 Å². The Morgan fingerprint density at radius 3 is 2.35 bits per heavy atom. The number of rotatable bonds is 6. The highest BCUT2D eigenvalue weighted by atomic mass is 35.5. The van der Waals surface area contributed by atoms with Gasteiger partial charge < -0.3 is 24.4 Å². The molecule has 0 aromatic heterocycles. The van der Waals surface area contributed by atoms with Crippen LogP contribution in [-0.4, -0.2) is 58.8 Å². The van der Waals surface area contributed by atoms with Gasteiger partial charge in [0.2, 0.25) is 0 Å². The number of ether oxygens (including phenoxy) is 3. The van der Waals surface area contributed by atoms with Gasteiger partial charge in [0.25, 0.3) is 5.91 Å². The maximum atomic E-state index is 12.8. The van der Waals surface area contributed by atoms with Crippen molar-refractivity contribution in [1.82, 2.24) is 10.2 Å². The summed E-state index contributed by atoms with van der Waals surface area (Å²) in [5.41, 5.74) is 0.505. The molecular weight excluding hydrogens is 320 g/mol. The van der Waals surface area contributed by atoms with E-state index < -0.39 is 0 Å². The molecular formula is C16H25ClN2O4. The number of hydrogen-bond donors (Lipinski definition) is 1. The van der Waals surface area contributed by atoms with Crippen LogP contribution >= 0.6 is 12.4 Å². The number of nitrogens with one attached hydrogen (secondary N) is 1. The number of hydrogen-bond acceptors (Lipinski definition) is 5. The van der Waals surface area contributed by atoms with E-state index in [0.717, 1.165) is 26.1 Å². The quantitative estimate of drug-likeness (QED) is 0.853. The van der Waals surface area contributed by atoms with E-state index in [9.17, 15) is 4.79 Å². The van der Waals surface area contributed by atoms with Gasteiger partial charge in [-0.15, -0.1) is 12.4 Å². The molecule has 2 rings (SSSR count). The Morgan fingerprint density at radius 2 is 1.78 bits per heavy atom. The smallest absolute Gasteiger partial charge is 0.257 e. The van der Waals surface area contributed by atoms with Crippen LogP contribution in [0.25, 0.3) is 0 Å². The summed E-state index contributed by atoms with van der Waals surface area (Å²) >= 11 is 0. The zero-order valence-electron chi connectivity index (χ0n) is 14.0. The maximum absolute atomic E-state index is 12.8. The van der Waals surface area contributed by atoms with Crippen molar-refractivity contribution in [1.29, 1.82) is 0 Å². The summed E-state index contributed by atoms with van der Waals surface area (Å²) in [5.74, 6) is 2.04. The van der Waals surface area contributed by atoms with Crippen molar-refractivity contribution < 1.29 is 19.0 Å². The van der Waals surface area contributed by atoms with Crippen molar-refractivity contribution in [2.24, 2.45) is 5.92 Å². The number of nitrogens with zero attached hydrogens (tertiary/aromatic N) is 1. The summed E-state index contributed by atoms with van der Waals surface area (Å²) in [6, 6.07) is 3.37. The molecule has 1 N–H and O–H groups in total.